The molecule has 164 valence electrons. The van der Waals surface area contributed by atoms with Gasteiger partial charge in [0.1, 0.15) is 0 Å². The zero-order valence-corrected chi connectivity index (χ0v) is 17.5. The average molecular weight is 415 g/mol. The highest BCUT2D eigenvalue weighted by atomic mass is 16.3. The SMILES string of the molecule is Oc1ccc(CCNCCCCCCNC2CCc3cc(O)c(O)cc3C2)cc1O. The average Bonchev–Trinajstić information content (AvgIpc) is 2.73. The molecule has 1 aliphatic rings. The molecule has 0 heterocycles. The van der Waals surface area contributed by atoms with Crippen molar-refractivity contribution in [2.75, 3.05) is 19.6 Å². The van der Waals surface area contributed by atoms with Crippen molar-refractivity contribution in [2.24, 2.45) is 0 Å². The molecule has 6 heteroatoms. The summed E-state index contributed by atoms with van der Waals surface area (Å²) in [5, 5.41) is 45.2. The molecule has 0 spiro atoms. The van der Waals surface area contributed by atoms with Crippen LogP contribution >= 0.6 is 0 Å². The maximum atomic E-state index is 9.70. The predicted octanol–water partition coefficient (Wildman–Crippen LogP) is 3.35. The number of hydrogen-bond acceptors (Lipinski definition) is 6. The molecule has 3 rings (SSSR count). The van der Waals surface area contributed by atoms with E-state index in [0.717, 1.165) is 74.8 Å². The van der Waals surface area contributed by atoms with Crippen molar-refractivity contribution in [1.29, 1.82) is 0 Å². The van der Waals surface area contributed by atoms with Crippen molar-refractivity contribution in [1.82, 2.24) is 10.6 Å². The van der Waals surface area contributed by atoms with Crippen molar-refractivity contribution in [3.05, 3.63) is 47.0 Å². The van der Waals surface area contributed by atoms with Gasteiger partial charge in [0.2, 0.25) is 0 Å². The summed E-state index contributed by atoms with van der Waals surface area (Å²) in [5.74, 6) is -0.177. The topological polar surface area (TPSA) is 105 Å². The molecular formula is C24H34N2O4. The number of nitrogens with one attached hydrogen (secondary N) is 2. The second-order valence-electron chi connectivity index (χ2n) is 8.24. The second-order valence-corrected chi connectivity index (χ2v) is 8.24. The fourth-order valence-electron chi connectivity index (χ4n) is 4.07. The summed E-state index contributed by atoms with van der Waals surface area (Å²) in [7, 11) is 0. The molecule has 0 radical (unpaired) electrons. The van der Waals surface area contributed by atoms with Crippen LogP contribution in [-0.4, -0.2) is 46.1 Å². The van der Waals surface area contributed by atoms with E-state index in [1.807, 2.05) is 6.07 Å². The third-order valence-corrected chi connectivity index (χ3v) is 5.87. The van der Waals surface area contributed by atoms with Crippen LogP contribution in [0, 0.1) is 0 Å². The summed E-state index contributed by atoms with van der Waals surface area (Å²) in [6.07, 6.45) is 8.48. The lowest BCUT2D eigenvalue weighted by molar-refractivity contribution is 0.397. The van der Waals surface area contributed by atoms with E-state index in [0.29, 0.717) is 6.04 Å². The Morgan fingerprint density at radius 2 is 1.43 bits per heavy atom. The molecule has 30 heavy (non-hydrogen) atoms. The summed E-state index contributed by atoms with van der Waals surface area (Å²) in [6.45, 7) is 2.87. The number of unbranched alkanes of at least 4 members (excludes halogenated alkanes) is 3. The lowest BCUT2D eigenvalue weighted by Crippen LogP contribution is -2.35. The highest BCUT2D eigenvalue weighted by molar-refractivity contribution is 5.46. The van der Waals surface area contributed by atoms with Gasteiger partial charge in [-0.05, 0) is 99.1 Å². The maximum Gasteiger partial charge on any atom is 0.157 e. The molecule has 0 amide bonds. The Bertz CT molecular complexity index is 825. The zero-order chi connectivity index (χ0) is 21.3. The van der Waals surface area contributed by atoms with E-state index in [9.17, 15) is 20.4 Å². The first-order valence-electron chi connectivity index (χ1n) is 11.0. The Hall–Kier alpha value is -2.44. The van der Waals surface area contributed by atoms with Gasteiger partial charge in [-0.15, -0.1) is 0 Å². The van der Waals surface area contributed by atoms with Crippen LogP contribution in [0.1, 0.15) is 48.8 Å². The summed E-state index contributed by atoms with van der Waals surface area (Å²) in [6, 6.07) is 8.82. The number of phenols is 4. The highest BCUT2D eigenvalue weighted by Gasteiger charge is 2.19. The van der Waals surface area contributed by atoms with Crippen molar-refractivity contribution < 1.29 is 20.4 Å². The van der Waals surface area contributed by atoms with Gasteiger partial charge in [0.15, 0.2) is 23.0 Å². The quantitative estimate of drug-likeness (QED) is 0.249. The number of fused-ring (bicyclic) bond motifs is 1. The van der Waals surface area contributed by atoms with Crippen LogP contribution < -0.4 is 10.6 Å². The molecule has 0 aromatic heterocycles. The van der Waals surface area contributed by atoms with Crippen LogP contribution in [0.4, 0.5) is 0 Å². The third kappa shape index (κ3) is 6.54. The zero-order valence-electron chi connectivity index (χ0n) is 17.5. The van der Waals surface area contributed by atoms with Crippen LogP contribution in [-0.2, 0) is 19.3 Å². The van der Waals surface area contributed by atoms with E-state index in [2.05, 4.69) is 10.6 Å². The van der Waals surface area contributed by atoms with E-state index < -0.39 is 0 Å². The van der Waals surface area contributed by atoms with Crippen molar-refractivity contribution >= 4 is 0 Å². The molecule has 6 N–H and O–H groups in total. The monoisotopic (exact) mass is 414 g/mol. The van der Waals surface area contributed by atoms with Crippen molar-refractivity contribution in [3.8, 4) is 23.0 Å². The van der Waals surface area contributed by atoms with Crippen LogP contribution in [0.2, 0.25) is 0 Å². The number of benzene rings is 2. The number of hydrogen-bond donors (Lipinski definition) is 6. The van der Waals surface area contributed by atoms with Gasteiger partial charge in [-0.25, -0.2) is 0 Å². The summed E-state index contributed by atoms with van der Waals surface area (Å²) >= 11 is 0. The molecule has 0 saturated carbocycles. The largest absolute Gasteiger partial charge is 0.504 e. The molecule has 1 aliphatic carbocycles. The minimum Gasteiger partial charge on any atom is -0.504 e. The molecule has 2 aromatic carbocycles. The summed E-state index contributed by atoms with van der Waals surface area (Å²) in [4.78, 5) is 0. The summed E-state index contributed by atoms with van der Waals surface area (Å²) in [5.41, 5.74) is 3.31. The standard InChI is InChI=1S/C24H34N2O4/c27-21-8-5-17(13-22(21)28)9-12-25-10-3-1-2-4-11-26-20-7-6-18-15-23(29)24(30)16-19(18)14-20/h5,8,13,15-16,20,25-30H,1-4,6-7,9-12,14H2. The molecule has 2 aromatic rings. The lowest BCUT2D eigenvalue weighted by atomic mass is 9.88. The number of aromatic hydroxyl groups is 4. The van der Waals surface area contributed by atoms with E-state index in [4.69, 9.17) is 0 Å². The van der Waals surface area contributed by atoms with Gasteiger partial charge in [-0.2, -0.15) is 0 Å². The Kier molecular flexibility index (Phi) is 8.22. The van der Waals surface area contributed by atoms with E-state index in [-0.39, 0.29) is 23.0 Å². The predicted molar refractivity (Wildman–Crippen MR) is 118 cm³/mol. The second kappa shape index (κ2) is 11.1. The van der Waals surface area contributed by atoms with Gasteiger partial charge in [0.25, 0.3) is 0 Å². The molecule has 6 nitrogen and oxygen atoms in total. The van der Waals surface area contributed by atoms with Gasteiger partial charge >= 0.3 is 0 Å². The minimum atomic E-state index is -0.0749. The van der Waals surface area contributed by atoms with Gasteiger partial charge in [0.05, 0.1) is 0 Å². The Balaban J connectivity index is 1.19. The van der Waals surface area contributed by atoms with Crippen LogP contribution in [0.3, 0.4) is 0 Å². The van der Waals surface area contributed by atoms with Crippen LogP contribution in [0.25, 0.3) is 0 Å². The van der Waals surface area contributed by atoms with Crippen LogP contribution in [0.15, 0.2) is 30.3 Å². The van der Waals surface area contributed by atoms with Gasteiger partial charge in [0, 0.05) is 6.04 Å². The normalized spacial score (nSPS) is 15.8. The molecule has 1 atom stereocenters. The fourth-order valence-corrected chi connectivity index (χ4v) is 4.07. The smallest absolute Gasteiger partial charge is 0.157 e. The molecular weight excluding hydrogens is 380 g/mol. The van der Waals surface area contributed by atoms with Gasteiger partial charge in [-0.3, -0.25) is 0 Å². The molecule has 1 unspecified atom stereocenters. The molecule has 0 fully saturated rings. The van der Waals surface area contributed by atoms with E-state index in [1.54, 1.807) is 18.2 Å². The molecule has 0 bridgehead atoms. The van der Waals surface area contributed by atoms with Crippen molar-refractivity contribution in [3.63, 3.8) is 0 Å². The van der Waals surface area contributed by atoms with Crippen molar-refractivity contribution in [2.45, 2.75) is 57.4 Å². The van der Waals surface area contributed by atoms with Gasteiger partial charge in [-0.1, -0.05) is 18.9 Å². The summed E-state index contributed by atoms with van der Waals surface area (Å²) < 4.78 is 0. The first-order chi connectivity index (χ1) is 14.5. The first-order valence-corrected chi connectivity index (χ1v) is 11.0. The Morgan fingerprint density at radius 1 is 0.733 bits per heavy atom. The third-order valence-electron chi connectivity index (χ3n) is 5.87. The lowest BCUT2D eigenvalue weighted by Gasteiger charge is -2.26. The minimum absolute atomic E-state index is 0.0192. The first kappa shape index (κ1) is 22.2. The van der Waals surface area contributed by atoms with Crippen LogP contribution in [0.5, 0.6) is 23.0 Å². The van der Waals surface area contributed by atoms with E-state index in [1.165, 1.54) is 18.9 Å². The fraction of sp³-hybridized carbons (Fsp3) is 0.500. The Morgan fingerprint density at radius 3 is 2.20 bits per heavy atom. The number of rotatable bonds is 11. The van der Waals surface area contributed by atoms with Gasteiger partial charge < -0.3 is 31.1 Å². The van der Waals surface area contributed by atoms with E-state index >= 15 is 0 Å². The number of aryl methyl sites for hydroxylation is 1. The highest BCUT2D eigenvalue weighted by Crippen LogP contribution is 2.32. The number of phenolic OH excluding ortho intramolecular Hbond substituents is 4. The Labute approximate surface area is 178 Å². The maximum absolute atomic E-state index is 9.70. The molecule has 0 aliphatic heterocycles. The molecule has 0 saturated heterocycles.